The number of anilines is 1. The summed E-state index contributed by atoms with van der Waals surface area (Å²) >= 11 is 5.81. The van der Waals surface area contributed by atoms with Gasteiger partial charge in [0.1, 0.15) is 12.4 Å². The van der Waals surface area contributed by atoms with Gasteiger partial charge < -0.3 is 14.4 Å². The van der Waals surface area contributed by atoms with Crippen LogP contribution in [0, 0.1) is 5.82 Å². The Morgan fingerprint density at radius 3 is 2.25 bits per heavy atom. The first-order valence-electron chi connectivity index (χ1n) is 8.01. The number of halogens is 2. The lowest BCUT2D eigenvalue weighted by molar-refractivity contribution is -0.127. The number of carbonyl (C=O) groups is 1. The molecule has 0 aliphatic heterocycles. The summed E-state index contributed by atoms with van der Waals surface area (Å²) in [5, 5.41) is -0.262. The summed E-state index contributed by atoms with van der Waals surface area (Å²) in [5.41, 5.74) is 0.0522. The molecular weight excluding hydrogens is 411 g/mol. The van der Waals surface area contributed by atoms with Gasteiger partial charge in [0.15, 0.2) is 11.5 Å². The van der Waals surface area contributed by atoms with Gasteiger partial charge >= 0.3 is 0 Å². The topological polar surface area (TPSA) is 76.2 Å². The first-order chi connectivity index (χ1) is 13.1. The summed E-state index contributed by atoms with van der Waals surface area (Å²) in [7, 11) is 1.60. The van der Waals surface area contributed by atoms with E-state index < -0.39 is 28.3 Å². The van der Waals surface area contributed by atoms with Crippen LogP contribution in [0.15, 0.2) is 41.3 Å². The number of carbonyl (C=O) groups excluding carboxylic acids is 1. The Labute approximate surface area is 168 Å². The summed E-state index contributed by atoms with van der Waals surface area (Å²) in [5.74, 6) is -0.612. The molecule has 0 aliphatic carbocycles. The van der Waals surface area contributed by atoms with Crippen LogP contribution in [-0.2, 0) is 14.8 Å². The van der Waals surface area contributed by atoms with Crippen LogP contribution in [0.1, 0.15) is 0 Å². The lowest BCUT2D eigenvalue weighted by Gasteiger charge is -2.26. The number of ether oxygens (including phenoxy) is 2. The van der Waals surface area contributed by atoms with Crippen LogP contribution in [0.2, 0.25) is 5.02 Å². The number of sulfonamides is 1. The average molecular weight is 431 g/mol. The van der Waals surface area contributed by atoms with Crippen molar-refractivity contribution in [2.75, 3.05) is 39.2 Å². The molecular formula is C18H20ClFN2O5S. The highest BCUT2D eigenvalue weighted by atomic mass is 35.5. The van der Waals surface area contributed by atoms with Gasteiger partial charge in [-0.25, -0.2) is 12.8 Å². The Bertz CT molecular complexity index is 982. The first-order valence-corrected chi connectivity index (χ1v) is 9.83. The summed E-state index contributed by atoms with van der Waals surface area (Å²) < 4.78 is 51.2. The van der Waals surface area contributed by atoms with Crippen molar-refractivity contribution in [1.29, 1.82) is 0 Å². The molecule has 2 rings (SSSR count). The molecule has 0 aliphatic rings. The number of likely N-dealkylation sites (N-methyl/N-ethyl adjacent to an activating group) is 1. The van der Waals surface area contributed by atoms with Crippen LogP contribution in [0.25, 0.3) is 0 Å². The maximum absolute atomic E-state index is 13.5. The van der Waals surface area contributed by atoms with Gasteiger partial charge in [0.05, 0.1) is 29.8 Å². The van der Waals surface area contributed by atoms with Gasteiger partial charge in [0.25, 0.3) is 10.0 Å². The zero-order chi connectivity index (χ0) is 21.1. The van der Waals surface area contributed by atoms with Crippen molar-refractivity contribution >= 4 is 33.2 Å². The van der Waals surface area contributed by atoms with Crippen molar-refractivity contribution in [2.45, 2.75) is 4.90 Å². The predicted octanol–water partition coefficient (Wildman–Crippen LogP) is 2.78. The largest absolute Gasteiger partial charge is 0.493 e. The summed E-state index contributed by atoms with van der Waals surface area (Å²) in [6.07, 6.45) is 0. The second kappa shape index (κ2) is 8.66. The summed E-state index contributed by atoms with van der Waals surface area (Å²) in [4.78, 5) is 13.4. The van der Waals surface area contributed by atoms with E-state index in [2.05, 4.69) is 0 Å². The van der Waals surface area contributed by atoms with E-state index in [1.807, 2.05) is 0 Å². The smallest absolute Gasteiger partial charge is 0.264 e. The highest BCUT2D eigenvalue weighted by molar-refractivity contribution is 7.92. The lowest BCUT2D eigenvalue weighted by Crippen LogP contribution is -2.40. The number of rotatable bonds is 7. The quantitative estimate of drug-likeness (QED) is 0.675. The predicted molar refractivity (Wildman–Crippen MR) is 104 cm³/mol. The van der Waals surface area contributed by atoms with Crippen molar-refractivity contribution < 1.29 is 27.1 Å². The van der Waals surface area contributed by atoms with Gasteiger partial charge in [-0.2, -0.15) is 0 Å². The molecule has 0 radical (unpaired) electrons. The van der Waals surface area contributed by atoms with Crippen LogP contribution < -0.4 is 13.8 Å². The third-order valence-electron chi connectivity index (χ3n) is 3.91. The molecule has 10 heteroatoms. The number of hydrogen-bond donors (Lipinski definition) is 0. The lowest BCUT2D eigenvalue weighted by atomic mass is 10.3. The fourth-order valence-corrected chi connectivity index (χ4v) is 3.92. The highest BCUT2D eigenvalue weighted by Crippen LogP contribution is 2.33. The van der Waals surface area contributed by atoms with Crippen LogP contribution in [0.5, 0.6) is 11.5 Å². The van der Waals surface area contributed by atoms with E-state index in [0.29, 0.717) is 5.75 Å². The van der Waals surface area contributed by atoms with Crippen molar-refractivity contribution in [3.8, 4) is 11.5 Å². The fourth-order valence-electron chi connectivity index (χ4n) is 2.32. The van der Waals surface area contributed by atoms with E-state index in [-0.39, 0.29) is 21.4 Å². The number of benzene rings is 2. The molecule has 152 valence electrons. The molecule has 28 heavy (non-hydrogen) atoms. The number of hydrogen-bond acceptors (Lipinski definition) is 5. The number of amides is 1. The van der Waals surface area contributed by atoms with Crippen LogP contribution in [0.4, 0.5) is 10.1 Å². The molecule has 0 bridgehead atoms. The Balaban J connectivity index is 2.60. The SMILES string of the molecule is COc1ccc(S(=O)(=O)N(CC(=O)N(C)C)c2ccc(F)c(Cl)c2)cc1OC. The molecule has 2 aromatic carbocycles. The molecule has 0 saturated heterocycles. The highest BCUT2D eigenvalue weighted by Gasteiger charge is 2.29. The second-order valence-electron chi connectivity index (χ2n) is 5.92. The Morgan fingerprint density at radius 1 is 1.07 bits per heavy atom. The molecule has 7 nitrogen and oxygen atoms in total. The minimum atomic E-state index is -4.20. The zero-order valence-corrected chi connectivity index (χ0v) is 17.3. The monoisotopic (exact) mass is 430 g/mol. The van der Waals surface area contributed by atoms with Crippen LogP contribution >= 0.6 is 11.6 Å². The average Bonchev–Trinajstić information content (AvgIpc) is 2.67. The molecule has 1 amide bonds. The number of methoxy groups -OCH3 is 2. The van der Waals surface area contributed by atoms with Gasteiger partial charge in [-0.3, -0.25) is 9.10 Å². The van der Waals surface area contributed by atoms with E-state index in [0.717, 1.165) is 16.4 Å². The van der Waals surface area contributed by atoms with E-state index >= 15 is 0 Å². The molecule has 0 aromatic heterocycles. The molecule has 0 spiro atoms. The van der Waals surface area contributed by atoms with Gasteiger partial charge in [0, 0.05) is 20.2 Å². The Hall–Kier alpha value is -2.52. The van der Waals surface area contributed by atoms with E-state index in [1.54, 1.807) is 0 Å². The van der Waals surface area contributed by atoms with E-state index in [9.17, 15) is 17.6 Å². The summed E-state index contributed by atoms with van der Waals surface area (Å²) in [6.45, 7) is -0.494. The van der Waals surface area contributed by atoms with Gasteiger partial charge in [-0.15, -0.1) is 0 Å². The minimum Gasteiger partial charge on any atom is -0.493 e. The Kier molecular flexibility index (Phi) is 6.73. The van der Waals surface area contributed by atoms with Gasteiger partial charge in [-0.1, -0.05) is 11.6 Å². The number of nitrogens with zero attached hydrogens (tertiary/aromatic N) is 2. The molecule has 0 unspecified atom stereocenters. The van der Waals surface area contributed by atoms with Crippen molar-refractivity contribution in [3.63, 3.8) is 0 Å². The third-order valence-corrected chi connectivity index (χ3v) is 5.97. The second-order valence-corrected chi connectivity index (χ2v) is 8.18. The van der Waals surface area contributed by atoms with Gasteiger partial charge in [0.2, 0.25) is 5.91 Å². The van der Waals surface area contributed by atoms with E-state index in [4.69, 9.17) is 21.1 Å². The molecule has 0 N–H and O–H groups in total. The van der Waals surface area contributed by atoms with Crippen LogP contribution in [-0.4, -0.2) is 54.1 Å². The Morgan fingerprint density at radius 2 is 1.71 bits per heavy atom. The maximum atomic E-state index is 13.5. The maximum Gasteiger partial charge on any atom is 0.264 e. The van der Waals surface area contributed by atoms with Gasteiger partial charge in [-0.05, 0) is 30.3 Å². The van der Waals surface area contributed by atoms with Crippen LogP contribution in [0.3, 0.4) is 0 Å². The van der Waals surface area contributed by atoms with Crippen molar-refractivity contribution in [2.24, 2.45) is 0 Å². The normalized spacial score (nSPS) is 11.1. The molecule has 0 fully saturated rings. The van der Waals surface area contributed by atoms with E-state index in [1.165, 1.54) is 57.5 Å². The third kappa shape index (κ3) is 4.48. The molecule has 0 heterocycles. The van der Waals surface area contributed by atoms with Crippen molar-refractivity contribution in [3.05, 3.63) is 47.2 Å². The summed E-state index contributed by atoms with van der Waals surface area (Å²) in [6, 6.07) is 7.48. The van der Waals surface area contributed by atoms with Crippen molar-refractivity contribution in [1.82, 2.24) is 4.90 Å². The molecule has 2 aromatic rings. The zero-order valence-electron chi connectivity index (χ0n) is 15.8. The fraction of sp³-hybridized carbons (Fsp3) is 0.278. The molecule has 0 saturated carbocycles. The first kappa shape index (κ1) is 21.8. The minimum absolute atomic E-state index is 0.0522. The standard InChI is InChI=1S/C18H20ClFN2O5S/c1-21(2)18(23)11-22(12-5-7-15(20)14(19)9-12)28(24,25)13-6-8-16(26-3)17(10-13)27-4/h5-10H,11H2,1-4H3. The molecule has 0 atom stereocenters.